The molecule has 4 aromatic rings. The normalized spacial score (nSPS) is 19.3. The number of aromatic nitrogens is 2. The largest absolute Gasteiger partial charge is 0.497 e. The summed E-state index contributed by atoms with van der Waals surface area (Å²) in [6.45, 7) is 1.95. The van der Waals surface area contributed by atoms with Crippen LogP contribution in [0.1, 0.15) is 46.5 Å². The number of rotatable bonds is 10. The van der Waals surface area contributed by atoms with Crippen molar-refractivity contribution >= 4 is 21.3 Å². The summed E-state index contributed by atoms with van der Waals surface area (Å²) < 4.78 is 109. The minimum Gasteiger partial charge on any atom is -0.497 e. The quantitative estimate of drug-likeness (QED) is 0.159. The zero-order chi connectivity index (χ0) is 38.1. The Hall–Kier alpha value is -4.51. The predicted molar refractivity (Wildman–Crippen MR) is 187 cm³/mol. The minimum absolute atomic E-state index is 0.0240. The van der Waals surface area contributed by atoms with Crippen molar-refractivity contribution in [3.63, 3.8) is 0 Å². The van der Waals surface area contributed by atoms with Crippen LogP contribution in [-0.2, 0) is 51.6 Å². The molecule has 3 aromatic carbocycles. The minimum atomic E-state index is -4.96. The maximum absolute atomic E-state index is 17.0. The number of anilines is 2. The summed E-state index contributed by atoms with van der Waals surface area (Å²) in [7, 11) is -0.950. The summed E-state index contributed by atoms with van der Waals surface area (Å²) in [5.74, 6) is 0.228. The summed E-state index contributed by atoms with van der Waals surface area (Å²) in [5, 5.41) is 10.3. The maximum Gasteiger partial charge on any atom is 0.416 e. The van der Waals surface area contributed by atoms with Crippen LogP contribution in [0.2, 0.25) is 0 Å². The zero-order valence-electron chi connectivity index (χ0n) is 29.6. The number of aliphatic hydroxyl groups is 1. The van der Waals surface area contributed by atoms with Crippen LogP contribution in [0, 0.1) is 5.82 Å². The Balaban J connectivity index is 1.44. The van der Waals surface area contributed by atoms with E-state index in [1.54, 1.807) is 65.3 Å². The van der Waals surface area contributed by atoms with Crippen molar-refractivity contribution in [2.24, 2.45) is 0 Å². The van der Waals surface area contributed by atoms with Crippen LogP contribution in [0.5, 0.6) is 11.5 Å². The lowest BCUT2D eigenvalue weighted by molar-refractivity contribution is -0.140. The molecule has 0 bridgehead atoms. The van der Waals surface area contributed by atoms with Crippen molar-refractivity contribution < 1.29 is 50.0 Å². The third kappa shape index (κ3) is 8.67. The first-order valence-corrected chi connectivity index (χ1v) is 18.6. The van der Waals surface area contributed by atoms with Crippen LogP contribution >= 0.6 is 0 Å². The van der Waals surface area contributed by atoms with Crippen molar-refractivity contribution in [2.75, 3.05) is 56.6 Å². The van der Waals surface area contributed by atoms with Gasteiger partial charge in [0.2, 0.25) is 15.0 Å². The molecule has 3 heterocycles. The number of methoxy groups -OCH3 is 2. The second-order valence-corrected chi connectivity index (χ2v) is 15.3. The van der Waals surface area contributed by atoms with Crippen molar-refractivity contribution in [1.29, 1.82) is 0 Å². The third-order valence-electron chi connectivity index (χ3n) is 9.13. The van der Waals surface area contributed by atoms with Crippen molar-refractivity contribution in [3.8, 4) is 11.5 Å². The zero-order valence-corrected chi connectivity index (χ0v) is 30.4. The van der Waals surface area contributed by atoms with Crippen molar-refractivity contribution in [2.45, 2.75) is 56.1 Å². The first-order chi connectivity index (χ1) is 25.1. The third-order valence-corrected chi connectivity index (χ3v) is 9.98. The smallest absolute Gasteiger partial charge is 0.416 e. The van der Waals surface area contributed by atoms with Gasteiger partial charge in [-0.2, -0.15) is 13.2 Å². The average Bonchev–Trinajstić information content (AvgIpc) is 3.30. The second-order valence-electron chi connectivity index (χ2n) is 13.4. The Morgan fingerprint density at radius 2 is 1.58 bits per heavy atom. The standard InChI is InChI=1S/C37H40F4N4O7S/c1-36(46)21-44(15-16-51-22-36)34-27-20-52-31(17-29(27)42-35(43-34)53(4,47)48)32-28(37(39,40)41)13-14-30(33(32)38)45(18-23-5-9-25(49-2)10-6-23)19-24-7-11-26(50-3)12-8-24/h5-14,31,46H,15-22H2,1-4H3/t31?,36-/m0/s1. The van der Waals surface area contributed by atoms with Crippen LogP contribution < -0.4 is 19.3 Å². The van der Waals surface area contributed by atoms with E-state index in [4.69, 9.17) is 18.9 Å². The fraction of sp³-hybridized carbons (Fsp3) is 0.405. The highest BCUT2D eigenvalue weighted by molar-refractivity contribution is 7.90. The Bertz CT molecular complexity index is 2000. The van der Waals surface area contributed by atoms with E-state index in [1.807, 2.05) is 0 Å². The number of ether oxygens (including phenoxy) is 4. The van der Waals surface area contributed by atoms with E-state index >= 15 is 4.39 Å². The lowest BCUT2D eigenvalue weighted by Crippen LogP contribution is -2.43. The molecule has 11 nitrogen and oxygen atoms in total. The van der Waals surface area contributed by atoms with Gasteiger partial charge in [0, 0.05) is 43.4 Å². The molecule has 0 amide bonds. The van der Waals surface area contributed by atoms with E-state index in [-0.39, 0.29) is 69.6 Å². The summed E-state index contributed by atoms with van der Waals surface area (Å²) in [6, 6.07) is 16.1. The number of sulfone groups is 1. The molecule has 6 rings (SSSR count). The van der Waals surface area contributed by atoms with Gasteiger partial charge in [0.25, 0.3) is 0 Å². The molecule has 1 unspecified atom stereocenters. The molecule has 53 heavy (non-hydrogen) atoms. The van der Waals surface area contributed by atoms with Crippen LogP contribution in [0.25, 0.3) is 0 Å². The van der Waals surface area contributed by atoms with Gasteiger partial charge in [-0.15, -0.1) is 0 Å². The Morgan fingerprint density at radius 1 is 0.981 bits per heavy atom. The van der Waals surface area contributed by atoms with Crippen molar-refractivity contribution in [3.05, 3.63) is 100.0 Å². The molecule has 0 radical (unpaired) electrons. The molecule has 16 heteroatoms. The fourth-order valence-corrected chi connectivity index (χ4v) is 7.07. The van der Waals surface area contributed by atoms with Crippen LogP contribution in [0.3, 0.4) is 0 Å². The lowest BCUT2D eigenvalue weighted by atomic mass is 9.93. The molecule has 1 N–H and O–H groups in total. The van der Waals surface area contributed by atoms with Gasteiger partial charge in [0.15, 0.2) is 5.82 Å². The van der Waals surface area contributed by atoms with Gasteiger partial charge in [-0.1, -0.05) is 24.3 Å². The molecule has 1 fully saturated rings. The molecular weight excluding hydrogens is 720 g/mol. The molecule has 2 aliphatic heterocycles. The number of fused-ring (bicyclic) bond motifs is 1. The Labute approximate surface area is 305 Å². The number of halogens is 4. The van der Waals surface area contributed by atoms with Gasteiger partial charge >= 0.3 is 6.18 Å². The Morgan fingerprint density at radius 3 is 2.13 bits per heavy atom. The second kappa shape index (κ2) is 15.1. The van der Waals surface area contributed by atoms with E-state index in [9.17, 15) is 26.7 Å². The van der Waals surface area contributed by atoms with Gasteiger partial charge in [0.1, 0.15) is 22.9 Å². The summed E-state index contributed by atoms with van der Waals surface area (Å²) in [4.78, 5) is 11.8. The first-order valence-electron chi connectivity index (χ1n) is 16.7. The van der Waals surface area contributed by atoms with Crippen LogP contribution in [-0.4, -0.2) is 75.9 Å². The number of alkyl halides is 3. The molecular formula is C37H40F4N4O7S. The SMILES string of the molecule is COc1ccc(CN(Cc2ccc(OC)cc2)c2ccc(C(F)(F)F)c(C3Cc4nc(S(C)(=O)=O)nc(N5CCOC[C@@](C)(O)C5)c4CO3)c2F)cc1. The number of hydrogen-bond acceptors (Lipinski definition) is 11. The first kappa shape index (κ1) is 38.2. The topological polar surface area (TPSA) is 124 Å². The summed E-state index contributed by atoms with van der Waals surface area (Å²) in [5.41, 5.74) is -1.42. The fourth-order valence-electron chi connectivity index (χ4n) is 6.54. The molecule has 1 aromatic heterocycles. The molecule has 2 aliphatic rings. The predicted octanol–water partition coefficient (Wildman–Crippen LogP) is 5.66. The molecule has 0 aliphatic carbocycles. The highest BCUT2D eigenvalue weighted by atomic mass is 32.2. The van der Waals surface area contributed by atoms with Crippen molar-refractivity contribution in [1.82, 2.24) is 9.97 Å². The summed E-state index contributed by atoms with van der Waals surface area (Å²) in [6.07, 6.45) is -5.91. The highest BCUT2D eigenvalue weighted by Gasteiger charge is 2.41. The number of benzene rings is 3. The van der Waals surface area contributed by atoms with Crippen LogP contribution in [0.15, 0.2) is 65.8 Å². The molecule has 0 spiro atoms. The van der Waals surface area contributed by atoms with E-state index in [2.05, 4.69) is 9.97 Å². The van der Waals surface area contributed by atoms with Gasteiger partial charge < -0.3 is 33.9 Å². The molecule has 0 saturated carbocycles. The monoisotopic (exact) mass is 760 g/mol. The van der Waals surface area contributed by atoms with E-state index in [0.29, 0.717) is 17.1 Å². The Kier molecular flexibility index (Phi) is 10.9. The molecule has 284 valence electrons. The van der Waals surface area contributed by atoms with Crippen LogP contribution in [0.4, 0.5) is 29.1 Å². The number of hydrogen-bond donors (Lipinski definition) is 1. The maximum atomic E-state index is 17.0. The number of β-amino-alcohol motifs (C(OH)–C–C–N with tert-alkyl or cyclic N) is 1. The lowest BCUT2D eigenvalue weighted by Gasteiger charge is -2.34. The van der Waals surface area contributed by atoms with Gasteiger partial charge in [-0.05, 0) is 54.4 Å². The summed E-state index contributed by atoms with van der Waals surface area (Å²) >= 11 is 0. The average molecular weight is 761 g/mol. The van der Waals surface area contributed by atoms with Gasteiger partial charge in [0.05, 0.1) is 63.6 Å². The van der Waals surface area contributed by atoms with E-state index < -0.39 is 49.8 Å². The van der Waals surface area contributed by atoms with Gasteiger partial charge in [-0.3, -0.25) is 0 Å². The molecule has 1 saturated heterocycles. The highest BCUT2D eigenvalue weighted by Crippen LogP contribution is 2.44. The van der Waals surface area contributed by atoms with Gasteiger partial charge in [-0.25, -0.2) is 22.8 Å². The molecule has 2 atom stereocenters. The van der Waals surface area contributed by atoms with E-state index in [0.717, 1.165) is 29.5 Å². The number of nitrogens with zero attached hydrogens (tertiary/aromatic N) is 4. The van der Waals surface area contributed by atoms with E-state index in [1.165, 1.54) is 14.2 Å².